The van der Waals surface area contributed by atoms with Crippen LogP contribution in [0.5, 0.6) is 0 Å². The number of hydrogen-bond acceptors (Lipinski definition) is 6. The molecule has 0 spiro atoms. The van der Waals surface area contributed by atoms with Gasteiger partial charge >= 0.3 is 6.03 Å². The van der Waals surface area contributed by atoms with E-state index in [0.29, 0.717) is 12.8 Å². The minimum atomic E-state index is -3.37. The maximum atomic E-state index is 12.6. The van der Waals surface area contributed by atoms with Crippen LogP contribution in [0.15, 0.2) is 41.6 Å². The summed E-state index contributed by atoms with van der Waals surface area (Å²) in [6.07, 6.45) is 5.34. The molecule has 0 bridgehead atoms. The number of nitrogens with zero attached hydrogens (tertiary/aromatic N) is 2. The molecule has 1 saturated carbocycles. The number of carbonyl (C=O) groups is 3. The SMILES string of the molecule is Cn1ccnc1C1(CNC(=O)c2ccc(S(=O)(=O)C3CCC3)cc2)NC(=O)NC1=O. The molecule has 1 aromatic heterocycles. The second-order valence-corrected chi connectivity index (χ2v) is 9.71. The van der Waals surface area contributed by atoms with Crippen molar-refractivity contribution >= 4 is 27.7 Å². The van der Waals surface area contributed by atoms with Crippen LogP contribution in [-0.4, -0.2) is 47.6 Å². The molecule has 1 aliphatic carbocycles. The van der Waals surface area contributed by atoms with Crippen LogP contribution in [0.4, 0.5) is 4.79 Å². The Hall–Kier alpha value is -3.21. The van der Waals surface area contributed by atoms with Crippen LogP contribution in [0.2, 0.25) is 0 Å². The first-order chi connectivity index (χ1) is 14.2. The molecule has 1 atom stereocenters. The van der Waals surface area contributed by atoms with Gasteiger partial charge in [0, 0.05) is 25.0 Å². The molecule has 158 valence electrons. The predicted molar refractivity (Wildman–Crippen MR) is 105 cm³/mol. The molecule has 4 amide bonds. The number of urea groups is 1. The summed E-state index contributed by atoms with van der Waals surface area (Å²) in [5.74, 6) is -0.859. The van der Waals surface area contributed by atoms with Gasteiger partial charge in [-0.25, -0.2) is 18.2 Å². The van der Waals surface area contributed by atoms with E-state index in [1.54, 1.807) is 17.8 Å². The number of rotatable bonds is 6. The molecule has 1 aromatic carbocycles. The third-order valence-corrected chi connectivity index (χ3v) is 7.87. The topological polar surface area (TPSA) is 139 Å². The summed E-state index contributed by atoms with van der Waals surface area (Å²) in [4.78, 5) is 41.2. The number of hydrogen-bond donors (Lipinski definition) is 3. The molecule has 2 heterocycles. The van der Waals surface area contributed by atoms with E-state index in [4.69, 9.17) is 0 Å². The van der Waals surface area contributed by atoms with Crippen LogP contribution in [0.25, 0.3) is 0 Å². The van der Waals surface area contributed by atoms with E-state index in [0.717, 1.165) is 6.42 Å². The van der Waals surface area contributed by atoms with Gasteiger partial charge in [-0.2, -0.15) is 0 Å². The maximum Gasteiger partial charge on any atom is 0.322 e. The van der Waals surface area contributed by atoms with E-state index in [-0.39, 0.29) is 28.1 Å². The Morgan fingerprint density at radius 1 is 1.27 bits per heavy atom. The Kier molecular flexibility index (Phi) is 4.85. The van der Waals surface area contributed by atoms with Crippen molar-refractivity contribution in [2.24, 2.45) is 7.05 Å². The van der Waals surface area contributed by atoms with Crippen molar-refractivity contribution < 1.29 is 22.8 Å². The summed E-state index contributed by atoms with van der Waals surface area (Å²) in [5.41, 5.74) is -1.30. The van der Waals surface area contributed by atoms with Crippen molar-refractivity contribution in [2.75, 3.05) is 6.54 Å². The molecule has 3 N–H and O–H groups in total. The fraction of sp³-hybridized carbons (Fsp3) is 0.368. The Morgan fingerprint density at radius 2 is 1.97 bits per heavy atom. The van der Waals surface area contributed by atoms with Crippen LogP contribution in [0.3, 0.4) is 0 Å². The van der Waals surface area contributed by atoms with Crippen molar-refractivity contribution in [3.05, 3.63) is 48.0 Å². The van der Waals surface area contributed by atoms with Gasteiger partial charge in [-0.1, -0.05) is 6.42 Å². The number of sulfone groups is 1. The molecule has 30 heavy (non-hydrogen) atoms. The number of carbonyl (C=O) groups excluding carboxylic acids is 3. The highest BCUT2D eigenvalue weighted by atomic mass is 32.2. The average Bonchev–Trinajstić information content (AvgIpc) is 3.21. The molecule has 11 heteroatoms. The standard InChI is InChI=1S/C19H21N5O5S/c1-24-10-9-20-16(24)19(17(26)22-18(27)23-19)11-21-15(25)12-5-7-14(8-6-12)30(28,29)13-3-2-4-13/h5-10,13H,2-4,11H2,1H3,(H,21,25)(H2,22,23,26,27). The monoisotopic (exact) mass is 431 g/mol. The third-order valence-electron chi connectivity index (χ3n) is 5.59. The predicted octanol–water partition coefficient (Wildman–Crippen LogP) is 0.211. The number of nitrogens with one attached hydrogen (secondary N) is 3. The molecule has 2 fully saturated rings. The first-order valence-electron chi connectivity index (χ1n) is 9.47. The van der Waals surface area contributed by atoms with Crippen molar-refractivity contribution in [1.82, 2.24) is 25.5 Å². The minimum absolute atomic E-state index is 0.190. The fourth-order valence-electron chi connectivity index (χ4n) is 3.61. The second-order valence-electron chi connectivity index (χ2n) is 7.48. The van der Waals surface area contributed by atoms with Crippen molar-refractivity contribution in [2.45, 2.75) is 34.9 Å². The van der Waals surface area contributed by atoms with Crippen molar-refractivity contribution in [3.63, 3.8) is 0 Å². The molecular formula is C19H21N5O5S. The normalized spacial score (nSPS) is 21.6. The van der Waals surface area contributed by atoms with Gasteiger partial charge in [-0.15, -0.1) is 0 Å². The summed E-state index contributed by atoms with van der Waals surface area (Å²) < 4.78 is 26.5. The van der Waals surface area contributed by atoms with Gasteiger partial charge in [-0.3, -0.25) is 14.9 Å². The molecule has 1 saturated heterocycles. The Labute approximate surface area is 173 Å². The fourth-order valence-corrected chi connectivity index (χ4v) is 5.47. The summed E-state index contributed by atoms with van der Waals surface area (Å²) in [6.45, 7) is -0.226. The van der Waals surface area contributed by atoms with Crippen LogP contribution in [0, 0.1) is 0 Å². The second kappa shape index (κ2) is 7.24. The van der Waals surface area contributed by atoms with Crippen molar-refractivity contribution in [1.29, 1.82) is 0 Å². The number of aryl methyl sites for hydroxylation is 1. The third kappa shape index (κ3) is 3.24. The van der Waals surface area contributed by atoms with E-state index in [9.17, 15) is 22.8 Å². The minimum Gasteiger partial charge on any atom is -0.349 e. The van der Waals surface area contributed by atoms with E-state index in [1.807, 2.05) is 0 Å². The van der Waals surface area contributed by atoms with E-state index in [1.165, 1.54) is 30.5 Å². The van der Waals surface area contributed by atoms with Crippen LogP contribution in [0.1, 0.15) is 35.4 Å². The summed E-state index contributed by atoms with van der Waals surface area (Å²) in [7, 11) is -1.70. The van der Waals surface area contributed by atoms with Gasteiger partial charge in [0.25, 0.3) is 11.8 Å². The lowest BCUT2D eigenvalue weighted by Crippen LogP contribution is -2.54. The zero-order valence-electron chi connectivity index (χ0n) is 16.2. The Bertz CT molecular complexity index is 1120. The highest BCUT2D eigenvalue weighted by Crippen LogP contribution is 2.31. The lowest BCUT2D eigenvalue weighted by molar-refractivity contribution is -0.124. The van der Waals surface area contributed by atoms with Crippen molar-refractivity contribution in [3.8, 4) is 0 Å². The lowest BCUT2D eigenvalue weighted by Gasteiger charge is -2.26. The smallest absolute Gasteiger partial charge is 0.322 e. The summed E-state index contributed by atoms with van der Waals surface area (Å²) in [5, 5.41) is 7.00. The molecule has 4 rings (SSSR count). The first-order valence-corrected chi connectivity index (χ1v) is 11.0. The molecule has 10 nitrogen and oxygen atoms in total. The van der Waals surface area contributed by atoms with Gasteiger partial charge in [0.15, 0.2) is 15.4 Å². The number of amides is 4. The quantitative estimate of drug-likeness (QED) is 0.559. The summed E-state index contributed by atoms with van der Waals surface area (Å²) in [6, 6.07) is 5.02. The van der Waals surface area contributed by atoms with Gasteiger partial charge < -0.3 is 15.2 Å². The van der Waals surface area contributed by atoms with Gasteiger partial charge in [0.05, 0.1) is 16.7 Å². The first kappa shape index (κ1) is 20.1. The van der Waals surface area contributed by atoms with E-state index < -0.39 is 33.2 Å². The zero-order valence-corrected chi connectivity index (χ0v) is 17.0. The van der Waals surface area contributed by atoms with Gasteiger partial charge in [0.2, 0.25) is 0 Å². The molecule has 2 aliphatic rings. The van der Waals surface area contributed by atoms with E-state index in [2.05, 4.69) is 20.9 Å². The number of imide groups is 1. The largest absolute Gasteiger partial charge is 0.349 e. The molecule has 1 aliphatic heterocycles. The molecule has 2 aromatic rings. The highest BCUT2D eigenvalue weighted by molar-refractivity contribution is 7.92. The van der Waals surface area contributed by atoms with Gasteiger partial charge in [0.1, 0.15) is 5.82 Å². The highest BCUT2D eigenvalue weighted by Gasteiger charge is 2.50. The summed E-state index contributed by atoms with van der Waals surface area (Å²) >= 11 is 0. The van der Waals surface area contributed by atoms with Crippen LogP contribution < -0.4 is 16.0 Å². The molecule has 0 radical (unpaired) electrons. The molecule has 1 unspecified atom stereocenters. The van der Waals surface area contributed by atoms with Crippen LogP contribution in [-0.2, 0) is 27.2 Å². The number of imidazole rings is 1. The van der Waals surface area contributed by atoms with E-state index >= 15 is 0 Å². The maximum absolute atomic E-state index is 12.6. The van der Waals surface area contributed by atoms with Gasteiger partial charge in [-0.05, 0) is 37.1 Å². The zero-order chi connectivity index (χ0) is 21.5. The Morgan fingerprint density at radius 3 is 2.47 bits per heavy atom. The van der Waals surface area contributed by atoms with Crippen LogP contribution >= 0.6 is 0 Å². The molecular weight excluding hydrogens is 410 g/mol. The Balaban J connectivity index is 1.51. The number of benzene rings is 1. The average molecular weight is 431 g/mol. The lowest BCUT2D eigenvalue weighted by atomic mass is 9.98. The number of aromatic nitrogens is 2.